The minimum atomic E-state index is -4.40. The molecule has 0 aromatic carbocycles. The zero-order chi connectivity index (χ0) is 14.9. The number of nitrogens with zero attached hydrogens (tertiary/aromatic N) is 4. The number of hydrogen-bond acceptors (Lipinski definition) is 4. The summed E-state index contributed by atoms with van der Waals surface area (Å²) >= 11 is 0. The highest BCUT2D eigenvalue weighted by atomic mass is 19.4. The maximum Gasteiger partial charge on any atom is 0.419 e. The summed E-state index contributed by atoms with van der Waals surface area (Å²) in [5.41, 5.74) is -0.518. The predicted molar refractivity (Wildman–Crippen MR) is 70.8 cm³/mol. The van der Waals surface area contributed by atoms with Crippen molar-refractivity contribution in [2.75, 3.05) is 18.0 Å². The first kappa shape index (κ1) is 13.8. The molecule has 7 heteroatoms. The molecular weight excluding hydrogens is 281 g/mol. The van der Waals surface area contributed by atoms with Crippen LogP contribution in [-0.4, -0.2) is 28.0 Å². The number of rotatable bonds is 2. The molecule has 3 heterocycles. The second kappa shape index (κ2) is 5.31. The lowest BCUT2D eigenvalue weighted by Crippen LogP contribution is -2.23. The molecule has 1 aliphatic heterocycles. The molecule has 2 aromatic rings. The number of anilines is 1. The first-order valence-corrected chi connectivity index (χ1v) is 6.59. The van der Waals surface area contributed by atoms with Gasteiger partial charge in [0.15, 0.2) is 0 Å². The summed E-state index contributed by atoms with van der Waals surface area (Å²) in [5, 5.41) is 0. The third-order valence-corrected chi connectivity index (χ3v) is 3.58. The molecule has 1 aliphatic rings. The number of aromatic nitrogens is 3. The van der Waals surface area contributed by atoms with Crippen LogP contribution in [-0.2, 0) is 6.18 Å². The normalized spacial score (nSPS) is 19.0. The van der Waals surface area contributed by atoms with Crippen LogP contribution >= 0.6 is 0 Å². The lowest BCUT2D eigenvalue weighted by molar-refractivity contribution is -0.137. The second-order valence-corrected chi connectivity index (χ2v) is 4.93. The van der Waals surface area contributed by atoms with Crippen LogP contribution in [0.2, 0.25) is 0 Å². The standard InChI is InChI=1S/C14H13F3N4/c15-14(16,17)11-8-18-6-2-12(11)21-7-3-10(9-21)13-19-4-1-5-20-13/h1-2,4-6,8,10H,3,7,9H2. The lowest BCUT2D eigenvalue weighted by Gasteiger charge is -2.22. The van der Waals surface area contributed by atoms with Crippen molar-refractivity contribution in [2.24, 2.45) is 0 Å². The van der Waals surface area contributed by atoms with Crippen molar-refractivity contribution in [2.45, 2.75) is 18.5 Å². The molecule has 0 radical (unpaired) electrons. The van der Waals surface area contributed by atoms with Crippen LogP contribution in [0.25, 0.3) is 0 Å². The Morgan fingerprint density at radius 2 is 1.90 bits per heavy atom. The highest BCUT2D eigenvalue weighted by Gasteiger charge is 2.37. The van der Waals surface area contributed by atoms with Gasteiger partial charge in [-0.3, -0.25) is 4.98 Å². The van der Waals surface area contributed by atoms with E-state index in [0.717, 1.165) is 12.6 Å². The summed E-state index contributed by atoms with van der Waals surface area (Å²) in [6, 6.07) is 3.14. The summed E-state index contributed by atoms with van der Waals surface area (Å²) in [6.45, 7) is 1.03. The average molecular weight is 294 g/mol. The zero-order valence-corrected chi connectivity index (χ0v) is 11.1. The van der Waals surface area contributed by atoms with Crippen molar-refractivity contribution in [1.29, 1.82) is 0 Å². The van der Waals surface area contributed by atoms with Crippen molar-refractivity contribution in [1.82, 2.24) is 15.0 Å². The molecule has 0 bridgehead atoms. The maximum absolute atomic E-state index is 13.0. The van der Waals surface area contributed by atoms with E-state index in [-0.39, 0.29) is 11.6 Å². The van der Waals surface area contributed by atoms with Gasteiger partial charge in [-0.05, 0) is 18.6 Å². The van der Waals surface area contributed by atoms with E-state index in [9.17, 15) is 13.2 Å². The van der Waals surface area contributed by atoms with Gasteiger partial charge >= 0.3 is 6.18 Å². The molecule has 21 heavy (non-hydrogen) atoms. The van der Waals surface area contributed by atoms with Gasteiger partial charge in [0.1, 0.15) is 5.82 Å². The van der Waals surface area contributed by atoms with E-state index >= 15 is 0 Å². The minimum Gasteiger partial charge on any atom is -0.370 e. The van der Waals surface area contributed by atoms with E-state index < -0.39 is 11.7 Å². The number of hydrogen-bond donors (Lipinski definition) is 0. The summed E-state index contributed by atoms with van der Waals surface area (Å²) in [7, 11) is 0. The van der Waals surface area contributed by atoms with Crippen LogP contribution in [0.4, 0.5) is 18.9 Å². The predicted octanol–water partition coefficient (Wildman–Crippen LogP) is 2.88. The van der Waals surface area contributed by atoms with Crippen molar-refractivity contribution in [3.63, 3.8) is 0 Å². The van der Waals surface area contributed by atoms with Crippen molar-refractivity contribution < 1.29 is 13.2 Å². The van der Waals surface area contributed by atoms with Gasteiger partial charge < -0.3 is 4.90 Å². The Morgan fingerprint density at radius 3 is 2.62 bits per heavy atom. The lowest BCUT2D eigenvalue weighted by atomic mass is 10.1. The SMILES string of the molecule is FC(F)(F)c1cnccc1N1CCC(c2ncccn2)C1. The molecule has 1 unspecified atom stereocenters. The van der Waals surface area contributed by atoms with E-state index in [1.165, 1.54) is 12.3 Å². The summed E-state index contributed by atoms with van der Waals surface area (Å²) in [5.74, 6) is 0.739. The monoisotopic (exact) mass is 294 g/mol. The summed E-state index contributed by atoms with van der Waals surface area (Å²) in [4.78, 5) is 13.7. The second-order valence-electron chi connectivity index (χ2n) is 4.93. The Labute approximate surface area is 119 Å². The molecular formula is C14H13F3N4. The zero-order valence-electron chi connectivity index (χ0n) is 11.1. The fraction of sp³-hybridized carbons (Fsp3) is 0.357. The van der Waals surface area contributed by atoms with E-state index in [1.807, 2.05) is 0 Å². The fourth-order valence-corrected chi connectivity index (χ4v) is 2.59. The highest BCUT2D eigenvalue weighted by molar-refractivity contribution is 5.54. The summed E-state index contributed by atoms with van der Waals surface area (Å²) < 4.78 is 39.1. The van der Waals surface area contributed by atoms with E-state index in [1.54, 1.807) is 23.4 Å². The van der Waals surface area contributed by atoms with Crippen LogP contribution in [0, 0.1) is 0 Å². The molecule has 110 valence electrons. The molecule has 0 saturated carbocycles. The molecule has 2 aromatic heterocycles. The van der Waals surface area contributed by atoms with Gasteiger partial charge in [-0.25, -0.2) is 9.97 Å². The largest absolute Gasteiger partial charge is 0.419 e. The highest BCUT2D eigenvalue weighted by Crippen LogP contribution is 2.38. The van der Waals surface area contributed by atoms with Gasteiger partial charge in [0.25, 0.3) is 0 Å². The molecule has 0 spiro atoms. The third kappa shape index (κ3) is 2.81. The number of halogens is 3. The topological polar surface area (TPSA) is 41.9 Å². The first-order valence-electron chi connectivity index (χ1n) is 6.59. The quantitative estimate of drug-likeness (QED) is 0.854. The molecule has 4 nitrogen and oxygen atoms in total. The van der Waals surface area contributed by atoms with Gasteiger partial charge in [0.05, 0.1) is 11.3 Å². The first-order chi connectivity index (χ1) is 10.1. The van der Waals surface area contributed by atoms with Gasteiger partial charge in [0, 0.05) is 43.8 Å². The van der Waals surface area contributed by atoms with Gasteiger partial charge in [-0.1, -0.05) is 0 Å². The fourth-order valence-electron chi connectivity index (χ4n) is 2.59. The average Bonchev–Trinajstić information content (AvgIpc) is 2.97. The third-order valence-electron chi connectivity index (χ3n) is 3.58. The van der Waals surface area contributed by atoms with Crippen LogP contribution in [0.5, 0.6) is 0 Å². The van der Waals surface area contributed by atoms with E-state index in [4.69, 9.17) is 0 Å². The van der Waals surface area contributed by atoms with E-state index in [0.29, 0.717) is 18.9 Å². The minimum absolute atomic E-state index is 0.0560. The smallest absolute Gasteiger partial charge is 0.370 e. The van der Waals surface area contributed by atoms with Crippen LogP contribution in [0.3, 0.4) is 0 Å². The maximum atomic E-state index is 13.0. The van der Waals surface area contributed by atoms with Gasteiger partial charge in [-0.2, -0.15) is 13.2 Å². The van der Waals surface area contributed by atoms with Crippen molar-refractivity contribution in [3.05, 3.63) is 48.3 Å². The molecule has 0 amide bonds. The molecule has 0 N–H and O–H groups in total. The summed E-state index contributed by atoms with van der Waals surface area (Å²) in [6.07, 6.45) is 1.91. The van der Waals surface area contributed by atoms with Crippen molar-refractivity contribution in [3.8, 4) is 0 Å². The Bertz CT molecular complexity index is 615. The van der Waals surface area contributed by atoms with Gasteiger partial charge in [-0.15, -0.1) is 0 Å². The Morgan fingerprint density at radius 1 is 1.14 bits per heavy atom. The number of alkyl halides is 3. The Balaban J connectivity index is 1.84. The molecule has 1 fully saturated rings. The molecule has 3 rings (SSSR count). The van der Waals surface area contributed by atoms with Gasteiger partial charge in [0.2, 0.25) is 0 Å². The molecule has 0 aliphatic carbocycles. The van der Waals surface area contributed by atoms with E-state index in [2.05, 4.69) is 15.0 Å². The van der Waals surface area contributed by atoms with Crippen LogP contribution < -0.4 is 4.90 Å². The Hall–Kier alpha value is -2.18. The number of pyridine rings is 1. The molecule has 1 saturated heterocycles. The van der Waals surface area contributed by atoms with Crippen LogP contribution in [0.15, 0.2) is 36.9 Å². The van der Waals surface area contributed by atoms with Crippen LogP contribution in [0.1, 0.15) is 23.7 Å². The van der Waals surface area contributed by atoms with Crippen molar-refractivity contribution >= 4 is 5.69 Å². The molecule has 1 atom stereocenters. The Kier molecular flexibility index (Phi) is 3.48.